The molecule has 5 heteroatoms. The van der Waals surface area contributed by atoms with Gasteiger partial charge >= 0.3 is 0 Å². The molecule has 1 aromatic rings. The molecular formula is C15H23NO3S. The Morgan fingerprint density at radius 3 is 2.55 bits per heavy atom. The number of hydrogen-bond acceptors (Lipinski definition) is 3. The monoisotopic (exact) mass is 297 g/mol. The lowest BCUT2D eigenvalue weighted by Crippen LogP contribution is -2.37. The molecule has 0 aromatic heterocycles. The topological polar surface area (TPSA) is 57.6 Å². The lowest BCUT2D eigenvalue weighted by atomic mass is 9.85. The SMILES string of the molecule is CCN(CC1CCC1)S(=O)(=O)c1cc(CO)ccc1C. The highest BCUT2D eigenvalue weighted by molar-refractivity contribution is 7.89. The number of benzene rings is 1. The molecule has 0 saturated heterocycles. The second-order valence-electron chi connectivity index (χ2n) is 5.51. The molecule has 1 aliphatic carbocycles. The number of aliphatic hydroxyl groups is 1. The van der Waals surface area contributed by atoms with Crippen LogP contribution in [0.3, 0.4) is 0 Å². The first kappa shape index (κ1) is 15.5. The minimum Gasteiger partial charge on any atom is -0.392 e. The molecule has 0 atom stereocenters. The van der Waals surface area contributed by atoms with E-state index in [0.29, 0.717) is 29.5 Å². The fraction of sp³-hybridized carbons (Fsp3) is 0.600. The van der Waals surface area contributed by atoms with Crippen LogP contribution in [0.1, 0.15) is 37.3 Å². The lowest BCUT2D eigenvalue weighted by Gasteiger charge is -2.31. The summed E-state index contributed by atoms with van der Waals surface area (Å²) in [6, 6.07) is 5.11. The van der Waals surface area contributed by atoms with Crippen LogP contribution in [0.5, 0.6) is 0 Å². The van der Waals surface area contributed by atoms with E-state index in [1.807, 2.05) is 6.92 Å². The molecule has 0 bridgehead atoms. The van der Waals surface area contributed by atoms with Gasteiger partial charge in [-0.25, -0.2) is 8.42 Å². The third-order valence-corrected chi connectivity index (χ3v) is 6.17. The van der Waals surface area contributed by atoms with Crippen molar-refractivity contribution in [1.82, 2.24) is 4.31 Å². The maximum absolute atomic E-state index is 12.8. The van der Waals surface area contributed by atoms with Crippen molar-refractivity contribution in [3.8, 4) is 0 Å². The van der Waals surface area contributed by atoms with Crippen LogP contribution in [0, 0.1) is 12.8 Å². The summed E-state index contributed by atoms with van der Waals surface area (Å²) in [5.74, 6) is 0.506. The van der Waals surface area contributed by atoms with Crippen LogP contribution in [0.15, 0.2) is 23.1 Å². The molecule has 1 aliphatic rings. The Kier molecular flexibility index (Phi) is 4.83. The van der Waals surface area contributed by atoms with Crippen molar-refractivity contribution < 1.29 is 13.5 Å². The van der Waals surface area contributed by atoms with Crippen molar-refractivity contribution in [2.45, 2.75) is 44.6 Å². The van der Waals surface area contributed by atoms with E-state index in [9.17, 15) is 13.5 Å². The van der Waals surface area contributed by atoms with Crippen LogP contribution in [0.2, 0.25) is 0 Å². The molecule has 4 nitrogen and oxygen atoms in total. The summed E-state index contributed by atoms with van der Waals surface area (Å²) in [4.78, 5) is 0.324. The third kappa shape index (κ3) is 3.05. The molecule has 0 unspecified atom stereocenters. The van der Waals surface area contributed by atoms with Gasteiger partial charge in [0.05, 0.1) is 11.5 Å². The quantitative estimate of drug-likeness (QED) is 0.876. The van der Waals surface area contributed by atoms with Gasteiger partial charge in [-0.2, -0.15) is 4.31 Å². The average molecular weight is 297 g/mol. The first-order valence-corrected chi connectivity index (χ1v) is 8.63. The molecule has 2 rings (SSSR count). The standard InChI is InChI=1S/C15H23NO3S/c1-3-16(10-13-5-4-6-13)20(18,19)15-9-14(11-17)8-7-12(15)2/h7-9,13,17H,3-6,10-11H2,1-2H3. The van der Waals surface area contributed by atoms with Gasteiger partial charge in [0.15, 0.2) is 0 Å². The average Bonchev–Trinajstić information content (AvgIpc) is 2.37. The van der Waals surface area contributed by atoms with E-state index in [1.165, 1.54) is 6.42 Å². The summed E-state index contributed by atoms with van der Waals surface area (Å²) >= 11 is 0. The van der Waals surface area contributed by atoms with E-state index in [4.69, 9.17) is 0 Å². The van der Waals surface area contributed by atoms with Crippen LogP contribution in [0.4, 0.5) is 0 Å². The summed E-state index contributed by atoms with van der Waals surface area (Å²) < 4.78 is 27.1. The molecule has 112 valence electrons. The van der Waals surface area contributed by atoms with E-state index in [2.05, 4.69) is 0 Å². The van der Waals surface area contributed by atoms with Gasteiger partial charge in [0.1, 0.15) is 0 Å². The van der Waals surface area contributed by atoms with Crippen LogP contribution < -0.4 is 0 Å². The molecular weight excluding hydrogens is 274 g/mol. The smallest absolute Gasteiger partial charge is 0.243 e. The number of aryl methyl sites for hydroxylation is 1. The molecule has 0 amide bonds. The molecule has 20 heavy (non-hydrogen) atoms. The fourth-order valence-corrected chi connectivity index (χ4v) is 4.32. The second kappa shape index (κ2) is 6.24. The Labute approximate surface area is 121 Å². The Hall–Kier alpha value is -0.910. The summed E-state index contributed by atoms with van der Waals surface area (Å²) in [6.45, 7) is 4.63. The van der Waals surface area contributed by atoms with Gasteiger partial charge in [0.25, 0.3) is 0 Å². The maximum Gasteiger partial charge on any atom is 0.243 e. The predicted molar refractivity (Wildman–Crippen MR) is 78.9 cm³/mol. The van der Waals surface area contributed by atoms with Crippen LogP contribution in [-0.2, 0) is 16.6 Å². The van der Waals surface area contributed by atoms with Gasteiger partial charge in [0, 0.05) is 13.1 Å². The zero-order valence-electron chi connectivity index (χ0n) is 12.2. The minimum atomic E-state index is -3.46. The van der Waals surface area contributed by atoms with Crippen molar-refractivity contribution >= 4 is 10.0 Å². The van der Waals surface area contributed by atoms with Crippen molar-refractivity contribution in [3.63, 3.8) is 0 Å². The zero-order valence-corrected chi connectivity index (χ0v) is 13.0. The lowest BCUT2D eigenvalue weighted by molar-refractivity contribution is 0.250. The summed E-state index contributed by atoms with van der Waals surface area (Å²) in [6.07, 6.45) is 3.46. The Balaban J connectivity index is 2.31. The van der Waals surface area contributed by atoms with E-state index in [0.717, 1.165) is 18.4 Å². The van der Waals surface area contributed by atoms with Gasteiger partial charge in [-0.15, -0.1) is 0 Å². The second-order valence-corrected chi connectivity index (χ2v) is 7.42. The van der Waals surface area contributed by atoms with Crippen LogP contribution in [0.25, 0.3) is 0 Å². The Morgan fingerprint density at radius 1 is 1.35 bits per heavy atom. The number of aliphatic hydroxyl groups excluding tert-OH is 1. The van der Waals surface area contributed by atoms with Gasteiger partial charge in [0.2, 0.25) is 10.0 Å². The minimum absolute atomic E-state index is 0.141. The summed E-state index contributed by atoms with van der Waals surface area (Å²) in [5.41, 5.74) is 1.36. The highest BCUT2D eigenvalue weighted by Gasteiger charge is 2.29. The Morgan fingerprint density at radius 2 is 2.05 bits per heavy atom. The molecule has 1 N–H and O–H groups in total. The summed E-state index contributed by atoms with van der Waals surface area (Å²) in [5, 5.41) is 9.20. The fourth-order valence-electron chi connectivity index (χ4n) is 2.52. The largest absolute Gasteiger partial charge is 0.392 e. The van der Waals surface area contributed by atoms with Crippen molar-refractivity contribution in [1.29, 1.82) is 0 Å². The van der Waals surface area contributed by atoms with Crippen molar-refractivity contribution in [3.05, 3.63) is 29.3 Å². The molecule has 0 radical (unpaired) electrons. The molecule has 1 fully saturated rings. The predicted octanol–water partition coefficient (Wildman–Crippen LogP) is 2.30. The number of rotatable bonds is 6. The maximum atomic E-state index is 12.8. The van der Waals surface area contributed by atoms with Gasteiger partial charge < -0.3 is 5.11 Å². The van der Waals surface area contributed by atoms with E-state index in [1.54, 1.807) is 29.4 Å². The van der Waals surface area contributed by atoms with Crippen LogP contribution >= 0.6 is 0 Å². The highest BCUT2D eigenvalue weighted by Crippen LogP contribution is 2.30. The number of hydrogen-bond donors (Lipinski definition) is 1. The Bertz CT molecular complexity index is 564. The van der Waals surface area contributed by atoms with Crippen LogP contribution in [-0.4, -0.2) is 30.9 Å². The number of nitrogens with zero attached hydrogens (tertiary/aromatic N) is 1. The normalized spacial score (nSPS) is 16.4. The first-order chi connectivity index (χ1) is 9.48. The molecule has 1 saturated carbocycles. The van der Waals surface area contributed by atoms with E-state index in [-0.39, 0.29) is 6.61 Å². The van der Waals surface area contributed by atoms with Gasteiger partial charge in [-0.3, -0.25) is 0 Å². The van der Waals surface area contributed by atoms with Crippen molar-refractivity contribution in [2.24, 2.45) is 5.92 Å². The summed E-state index contributed by atoms with van der Waals surface area (Å²) in [7, 11) is -3.46. The van der Waals surface area contributed by atoms with Crippen molar-refractivity contribution in [2.75, 3.05) is 13.1 Å². The van der Waals surface area contributed by atoms with E-state index >= 15 is 0 Å². The van der Waals surface area contributed by atoms with Gasteiger partial charge in [-0.05, 0) is 42.9 Å². The number of sulfonamides is 1. The van der Waals surface area contributed by atoms with E-state index < -0.39 is 10.0 Å². The van der Waals surface area contributed by atoms with Gasteiger partial charge in [-0.1, -0.05) is 25.5 Å². The molecule has 0 heterocycles. The first-order valence-electron chi connectivity index (χ1n) is 7.19. The zero-order chi connectivity index (χ0) is 14.8. The molecule has 1 aromatic carbocycles. The molecule has 0 spiro atoms. The molecule has 0 aliphatic heterocycles. The third-order valence-electron chi connectivity index (χ3n) is 4.09. The highest BCUT2D eigenvalue weighted by atomic mass is 32.2.